The normalized spacial score (nSPS) is 28.5. The highest BCUT2D eigenvalue weighted by Crippen LogP contribution is 2.46. The van der Waals surface area contributed by atoms with Gasteiger partial charge in [-0.2, -0.15) is 4.58 Å². The van der Waals surface area contributed by atoms with Crippen LogP contribution in [0.5, 0.6) is 0 Å². The van der Waals surface area contributed by atoms with Crippen molar-refractivity contribution in [2.24, 2.45) is 11.8 Å². The molecule has 0 spiro atoms. The van der Waals surface area contributed by atoms with Crippen molar-refractivity contribution in [3.8, 4) is 0 Å². The highest BCUT2D eigenvalue weighted by atomic mass is 16.3. The lowest BCUT2D eigenvalue weighted by Gasteiger charge is -2.36. The Kier molecular flexibility index (Phi) is 4.02. The lowest BCUT2D eigenvalue weighted by atomic mass is 9.72. The maximum absolute atomic E-state index is 13.2. The Morgan fingerprint density at radius 3 is 2.70 bits per heavy atom. The molecular weight excluding hydrogens is 372 g/mol. The Bertz CT molecular complexity index is 1140. The fraction of sp³-hybridized carbons (Fsp3) is 0.385. The average Bonchev–Trinajstić information content (AvgIpc) is 3.14. The minimum Gasteiger partial charge on any atom is -0.872 e. The van der Waals surface area contributed by atoms with E-state index in [9.17, 15) is 9.90 Å². The molecule has 1 aromatic rings. The van der Waals surface area contributed by atoms with E-state index in [4.69, 9.17) is 0 Å². The van der Waals surface area contributed by atoms with Crippen LogP contribution in [-0.2, 0) is 10.2 Å². The summed E-state index contributed by atoms with van der Waals surface area (Å²) in [4.78, 5) is 15.4. The van der Waals surface area contributed by atoms with Crippen LogP contribution in [-0.4, -0.2) is 41.6 Å². The molecule has 2 unspecified atom stereocenters. The van der Waals surface area contributed by atoms with Crippen molar-refractivity contribution in [2.75, 3.05) is 20.6 Å². The second kappa shape index (κ2) is 6.31. The third-order valence-corrected chi connectivity index (χ3v) is 7.38. The first-order valence-electron chi connectivity index (χ1n) is 10.7. The van der Waals surface area contributed by atoms with E-state index in [0.717, 1.165) is 17.8 Å². The SMILES string of the molecule is CC1CC=CC2=C1C(C1=C([O-])C(=CC3=[N+](C)c4ccccc4C3(C)C)C1=O)CN2C. The maximum atomic E-state index is 13.2. The summed E-state index contributed by atoms with van der Waals surface area (Å²) in [6, 6.07) is 8.27. The summed E-state index contributed by atoms with van der Waals surface area (Å²) in [7, 11) is 4.06. The van der Waals surface area contributed by atoms with E-state index in [0.29, 0.717) is 23.6 Å². The number of Topliss-reactive ketones (excluding diaryl/α,β-unsaturated/α-hetero) is 1. The molecule has 1 aromatic carbocycles. The molecule has 2 aliphatic heterocycles. The number of ketones is 1. The van der Waals surface area contributed by atoms with E-state index in [-0.39, 0.29) is 22.9 Å². The summed E-state index contributed by atoms with van der Waals surface area (Å²) in [6.07, 6.45) is 7.14. The molecular formula is C26H28N2O2. The molecule has 2 aliphatic carbocycles. The van der Waals surface area contributed by atoms with Gasteiger partial charge in [-0.05, 0) is 37.8 Å². The van der Waals surface area contributed by atoms with Gasteiger partial charge in [0.25, 0.3) is 0 Å². The van der Waals surface area contributed by atoms with Crippen LogP contribution in [0.4, 0.5) is 5.69 Å². The second-order valence-electron chi connectivity index (χ2n) is 9.53. The van der Waals surface area contributed by atoms with Gasteiger partial charge in [0, 0.05) is 54.1 Å². The number of hydrogen-bond donors (Lipinski definition) is 0. The van der Waals surface area contributed by atoms with Gasteiger partial charge in [0.05, 0.1) is 5.41 Å². The second-order valence-corrected chi connectivity index (χ2v) is 9.53. The summed E-state index contributed by atoms with van der Waals surface area (Å²) < 4.78 is 2.11. The zero-order valence-corrected chi connectivity index (χ0v) is 18.3. The molecule has 0 bridgehead atoms. The zero-order valence-electron chi connectivity index (χ0n) is 18.3. The summed E-state index contributed by atoms with van der Waals surface area (Å²) in [5.41, 5.74) is 6.36. The number of fused-ring (bicyclic) bond motifs is 1. The fourth-order valence-corrected chi connectivity index (χ4v) is 5.72. The van der Waals surface area contributed by atoms with Crippen molar-refractivity contribution in [1.82, 2.24) is 4.90 Å². The topological polar surface area (TPSA) is 46.4 Å². The number of hydrogen-bond acceptors (Lipinski definition) is 3. The molecule has 2 heterocycles. The number of rotatable bonds is 2. The molecule has 0 radical (unpaired) electrons. The molecule has 154 valence electrons. The molecule has 5 rings (SSSR count). The third-order valence-electron chi connectivity index (χ3n) is 7.38. The van der Waals surface area contributed by atoms with E-state index in [1.54, 1.807) is 0 Å². The molecule has 0 N–H and O–H groups in total. The molecule has 0 saturated heterocycles. The molecule has 0 saturated carbocycles. The predicted octanol–water partition coefficient (Wildman–Crippen LogP) is 3.23. The van der Waals surface area contributed by atoms with Gasteiger partial charge in [-0.15, -0.1) is 0 Å². The third kappa shape index (κ3) is 2.39. The molecule has 0 amide bonds. The van der Waals surface area contributed by atoms with Crippen LogP contribution in [0.1, 0.15) is 32.8 Å². The molecule has 30 heavy (non-hydrogen) atoms. The van der Waals surface area contributed by atoms with Crippen molar-refractivity contribution < 1.29 is 14.5 Å². The number of allylic oxidation sites excluding steroid dienone is 4. The summed E-state index contributed by atoms with van der Waals surface area (Å²) in [5, 5.41) is 13.2. The summed E-state index contributed by atoms with van der Waals surface area (Å²) in [6.45, 7) is 7.21. The van der Waals surface area contributed by atoms with Gasteiger partial charge in [0.1, 0.15) is 7.05 Å². The number of carbonyl (C=O) groups excluding carboxylic acids is 1. The molecule has 0 fully saturated rings. The lowest BCUT2D eigenvalue weighted by Crippen LogP contribution is -2.38. The van der Waals surface area contributed by atoms with Crippen LogP contribution >= 0.6 is 0 Å². The van der Waals surface area contributed by atoms with Crippen LogP contribution in [0.15, 0.2) is 70.7 Å². The molecule has 0 aromatic heterocycles. The fourth-order valence-electron chi connectivity index (χ4n) is 5.72. The number of likely N-dealkylation sites (N-methyl/N-ethyl adjacent to an activating group) is 1. The predicted molar refractivity (Wildman–Crippen MR) is 117 cm³/mol. The van der Waals surface area contributed by atoms with Crippen molar-refractivity contribution in [3.63, 3.8) is 0 Å². The maximum Gasteiger partial charge on any atom is 0.209 e. The van der Waals surface area contributed by atoms with Gasteiger partial charge in [-0.3, -0.25) is 4.79 Å². The van der Waals surface area contributed by atoms with Crippen molar-refractivity contribution >= 4 is 17.2 Å². The highest BCUT2D eigenvalue weighted by molar-refractivity contribution is 6.23. The van der Waals surface area contributed by atoms with Gasteiger partial charge < -0.3 is 10.0 Å². The van der Waals surface area contributed by atoms with Crippen LogP contribution in [0.25, 0.3) is 0 Å². The highest BCUT2D eigenvalue weighted by Gasteiger charge is 2.46. The number of para-hydroxylation sites is 1. The Hall–Kier alpha value is -2.88. The van der Waals surface area contributed by atoms with Crippen molar-refractivity contribution in [1.29, 1.82) is 0 Å². The zero-order chi connectivity index (χ0) is 21.4. The van der Waals surface area contributed by atoms with Crippen molar-refractivity contribution in [3.05, 3.63) is 76.2 Å². The molecule has 2 atom stereocenters. The van der Waals surface area contributed by atoms with Crippen LogP contribution in [0.2, 0.25) is 0 Å². The van der Waals surface area contributed by atoms with Gasteiger partial charge in [0.2, 0.25) is 5.69 Å². The van der Waals surface area contributed by atoms with Crippen LogP contribution < -0.4 is 5.11 Å². The van der Waals surface area contributed by atoms with Crippen molar-refractivity contribution in [2.45, 2.75) is 32.6 Å². The molecule has 4 aliphatic rings. The smallest absolute Gasteiger partial charge is 0.209 e. The van der Waals surface area contributed by atoms with Crippen LogP contribution in [0.3, 0.4) is 0 Å². The quantitative estimate of drug-likeness (QED) is 0.566. The number of carbonyl (C=O) groups is 1. The monoisotopic (exact) mass is 400 g/mol. The van der Waals surface area contributed by atoms with Gasteiger partial charge in [-0.1, -0.05) is 37.0 Å². The first-order chi connectivity index (χ1) is 14.2. The summed E-state index contributed by atoms with van der Waals surface area (Å²) >= 11 is 0. The first kappa shape index (κ1) is 19.1. The van der Waals surface area contributed by atoms with E-state index < -0.39 is 0 Å². The molecule has 4 heteroatoms. The standard InChI is InChI=1S/C26H28N2O2/c1-15-9-8-12-20-22(15)17(14-27(20)4)23-24(29)16(25(23)30)13-21-26(2,3)18-10-6-7-11-19(18)28(21)5/h6-8,10-13,15,17H,9,14H2,1-5H3. The van der Waals surface area contributed by atoms with Gasteiger partial charge in [0.15, 0.2) is 11.5 Å². The minimum atomic E-state index is -0.249. The molecule has 4 nitrogen and oxygen atoms in total. The number of benzene rings is 1. The average molecular weight is 401 g/mol. The summed E-state index contributed by atoms with van der Waals surface area (Å²) in [5.74, 6) is 0.159. The first-order valence-corrected chi connectivity index (χ1v) is 10.7. The lowest BCUT2D eigenvalue weighted by molar-refractivity contribution is -0.401. The number of nitrogens with zero attached hydrogens (tertiary/aromatic N) is 2. The Morgan fingerprint density at radius 2 is 2.00 bits per heavy atom. The Balaban J connectivity index is 1.55. The van der Waals surface area contributed by atoms with E-state index in [1.165, 1.54) is 16.8 Å². The van der Waals surface area contributed by atoms with E-state index in [2.05, 4.69) is 54.5 Å². The minimum absolute atomic E-state index is 0.0680. The Labute approximate surface area is 178 Å². The van der Waals surface area contributed by atoms with E-state index >= 15 is 0 Å². The Morgan fingerprint density at radius 1 is 1.27 bits per heavy atom. The largest absolute Gasteiger partial charge is 0.872 e. The van der Waals surface area contributed by atoms with Crippen LogP contribution in [0, 0.1) is 11.8 Å². The van der Waals surface area contributed by atoms with E-state index in [1.807, 2.05) is 32.3 Å². The van der Waals surface area contributed by atoms with Gasteiger partial charge in [-0.25, -0.2) is 0 Å². The van der Waals surface area contributed by atoms with Gasteiger partial charge >= 0.3 is 0 Å².